The van der Waals surface area contributed by atoms with E-state index in [2.05, 4.69) is 4.98 Å². The highest BCUT2D eigenvalue weighted by atomic mass is 16.6. The number of benzene rings is 1. The topological polar surface area (TPSA) is 81.9 Å². The number of morpholine rings is 1. The molecule has 0 amide bonds. The molecule has 1 aliphatic heterocycles. The van der Waals surface area contributed by atoms with E-state index in [1.807, 2.05) is 35.2 Å². The maximum atomic E-state index is 12.9. The number of aromatic nitrogens is 1. The van der Waals surface area contributed by atoms with Crippen molar-refractivity contribution in [2.24, 2.45) is 5.92 Å². The highest BCUT2D eigenvalue weighted by Crippen LogP contribution is 2.27. The third-order valence-corrected chi connectivity index (χ3v) is 4.55. The van der Waals surface area contributed by atoms with Crippen LogP contribution in [0.25, 0.3) is 0 Å². The summed E-state index contributed by atoms with van der Waals surface area (Å²) in [6, 6.07) is 9.87. The molecule has 0 spiro atoms. The van der Waals surface area contributed by atoms with Crippen molar-refractivity contribution in [2.75, 3.05) is 31.2 Å². The quantitative estimate of drug-likeness (QED) is 0.418. The first-order valence-corrected chi connectivity index (χ1v) is 9.88. The van der Waals surface area contributed by atoms with E-state index in [-0.39, 0.29) is 5.89 Å². The number of hydrogen-bond acceptors (Lipinski definition) is 7. The van der Waals surface area contributed by atoms with Crippen LogP contribution in [0.4, 0.5) is 5.88 Å². The lowest BCUT2D eigenvalue weighted by Gasteiger charge is -2.26. The zero-order valence-electron chi connectivity index (χ0n) is 17.4. The van der Waals surface area contributed by atoms with Gasteiger partial charge in [0, 0.05) is 19.5 Å². The van der Waals surface area contributed by atoms with Gasteiger partial charge in [-0.2, -0.15) is 0 Å². The van der Waals surface area contributed by atoms with E-state index in [4.69, 9.17) is 13.9 Å². The van der Waals surface area contributed by atoms with Gasteiger partial charge in [0.15, 0.2) is 0 Å². The fourth-order valence-electron chi connectivity index (χ4n) is 3.05. The number of Topliss-reactive ketones (excluding diaryl/α,β-unsaturated/α-hetero) is 1. The predicted octanol–water partition coefficient (Wildman–Crippen LogP) is 3.26. The van der Waals surface area contributed by atoms with Crippen molar-refractivity contribution in [3.05, 3.63) is 47.5 Å². The number of ketones is 1. The molecule has 0 radical (unpaired) electrons. The minimum Gasteiger partial charge on any atom is -0.459 e. The van der Waals surface area contributed by atoms with Gasteiger partial charge >= 0.3 is 5.97 Å². The van der Waals surface area contributed by atoms with Gasteiger partial charge in [-0.3, -0.25) is 9.59 Å². The Balaban J connectivity index is 1.86. The van der Waals surface area contributed by atoms with Crippen molar-refractivity contribution < 1.29 is 23.5 Å². The number of nitrogens with zero attached hydrogens (tertiary/aromatic N) is 2. The molecule has 1 fully saturated rings. The second-order valence-corrected chi connectivity index (χ2v) is 8.15. The zero-order chi connectivity index (χ0) is 21.0. The van der Waals surface area contributed by atoms with Gasteiger partial charge in [0.05, 0.1) is 13.2 Å². The van der Waals surface area contributed by atoms with Gasteiger partial charge < -0.3 is 18.8 Å². The molecule has 1 aromatic carbocycles. The lowest BCUT2D eigenvalue weighted by atomic mass is 10.1. The first-order valence-electron chi connectivity index (χ1n) is 9.88. The SMILES string of the molecule is CC(C(=O)OC(C)(C)C)C(=O)c1nc(Cc2ccccc2)c(N2CCOCC2)o1. The Bertz CT molecular complexity index is 848. The zero-order valence-corrected chi connectivity index (χ0v) is 17.4. The fourth-order valence-corrected chi connectivity index (χ4v) is 3.05. The molecule has 1 aromatic heterocycles. The third kappa shape index (κ3) is 5.44. The van der Waals surface area contributed by atoms with Crippen LogP contribution in [0.5, 0.6) is 0 Å². The first kappa shape index (κ1) is 21.0. The Morgan fingerprint density at radius 3 is 2.45 bits per heavy atom. The highest BCUT2D eigenvalue weighted by molar-refractivity contribution is 6.06. The second-order valence-electron chi connectivity index (χ2n) is 8.15. The number of oxazole rings is 1. The van der Waals surface area contributed by atoms with E-state index in [0.717, 1.165) is 5.56 Å². The molecule has 1 unspecified atom stereocenters. The van der Waals surface area contributed by atoms with Gasteiger partial charge in [0.2, 0.25) is 11.7 Å². The number of esters is 1. The fraction of sp³-hybridized carbons (Fsp3) is 0.500. The summed E-state index contributed by atoms with van der Waals surface area (Å²) in [5.41, 5.74) is 1.08. The smallest absolute Gasteiger partial charge is 0.317 e. The summed E-state index contributed by atoms with van der Waals surface area (Å²) in [6.07, 6.45) is 0.533. The van der Waals surface area contributed by atoms with Crippen LogP contribution in [0.3, 0.4) is 0 Å². The Morgan fingerprint density at radius 2 is 1.83 bits per heavy atom. The number of carbonyl (C=O) groups is 2. The van der Waals surface area contributed by atoms with Crippen LogP contribution in [0, 0.1) is 5.92 Å². The standard InChI is InChI=1S/C22H28N2O5/c1-15(21(26)29-22(2,3)4)18(25)19-23-17(14-16-8-6-5-7-9-16)20(28-19)24-10-12-27-13-11-24/h5-9,15H,10-14H2,1-4H3. The molecule has 1 saturated heterocycles. The van der Waals surface area contributed by atoms with E-state index >= 15 is 0 Å². The van der Waals surface area contributed by atoms with Crippen molar-refractivity contribution in [1.29, 1.82) is 0 Å². The summed E-state index contributed by atoms with van der Waals surface area (Å²) >= 11 is 0. The Kier molecular flexibility index (Phi) is 6.37. The first-order chi connectivity index (χ1) is 13.7. The summed E-state index contributed by atoms with van der Waals surface area (Å²) in [7, 11) is 0. The summed E-state index contributed by atoms with van der Waals surface area (Å²) < 4.78 is 16.6. The molecule has 3 rings (SSSR count). The van der Waals surface area contributed by atoms with Gasteiger partial charge in [-0.25, -0.2) is 4.98 Å². The molecule has 7 heteroatoms. The number of anilines is 1. The van der Waals surface area contributed by atoms with Crippen LogP contribution in [0.15, 0.2) is 34.7 Å². The van der Waals surface area contributed by atoms with Crippen LogP contribution in [0.1, 0.15) is 49.6 Å². The highest BCUT2D eigenvalue weighted by Gasteiger charge is 2.33. The van der Waals surface area contributed by atoms with Crippen LogP contribution in [0.2, 0.25) is 0 Å². The molecule has 1 atom stereocenters. The monoisotopic (exact) mass is 400 g/mol. The van der Waals surface area contributed by atoms with Crippen LogP contribution in [-0.2, 0) is 20.7 Å². The van der Waals surface area contributed by atoms with Gasteiger partial charge in [-0.15, -0.1) is 0 Å². The maximum absolute atomic E-state index is 12.9. The van der Waals surface area contributed by atoms with Gasteiger partial charge in [-0.1, -0.05) is 30.3 Å². The van der Waals surface area contributed by atoms with Crippen LogP contribution in [-0.4, -0.2) is 48.6 Å². The van der Waals surface area contributed by atoms with Crippen LogP contribution >= 0.6 is 0 Å². The van der Waals surface area contributed by atoms with Crippen molar-refractivity contribution in [1.82, 2.24) is 4.98 Å². The van der Waals surface area contributed by atoms with Crippen LogP contribution < -0.4 is 4.90 Å². The Labute approximate surface area is 171 Å². The van der Waals surface area contributed by atoms with Crippen molar-refractivity contribution in [2.45, 2.75) is 39.7 Å². The summed E-state index contributed by atoms with van der Waals surface area (Å²) in [5.74, 6) is -1.55. The molecule has 1 aliphatic rings. The normalized spacial score (nSPS) is 15.8. The van der Waals surface area contributed by atoms with Gasteiger partial charge in [0.1, 0.15) is 17.2 Å². The third-order valence-electron chi connectivity index (χ3n) is 4.55. The van der Waals surface area contributed by atoms with Gasteiger partial charge in [-0.05, 0) is 33.3 Å². The summed E-state index contributed by atoms with van der Waals surface area (Å²) in [5, 5.41) is 0. The minimum atomic E-state index is -0.991. The number of ether oxygens (including phenoxy) is 2. The second kappa shape index (κ2) is 8.78. The lowest BCUT2D eigenvalue weighted by Crippen LogP contribution is -2.36. The van der Waals surface area contributed by atoms with Crippen molar-refractivity contribution >= 4 is 17.6 Å². The molecule has 156 valence electrons. The molecule has 2 heterocycles. The summed E-state index contributed by atoms with van der Waals surface area (Å²) in [6.45, 7) is 9.31. The van der Waals surface area contributed by atoms with E-state index < -0.39 is 23.3 Å². The number of rotatable bonds is 6. The molecule has 2 aromatic rings. The Hall–Kier alpha value is -2.67. The molecule has 29 heavy (non-hydrogen) atoms. The number of hydrogen-bond donors (Lipinski definition) is 0. The van der Waals surface area contributed by atoms with E-state index in [1.54, 1.807) is 20.8 Å². The molecule has 0 aliphatic carbocycles. The average molecular weight is 400 g/mol. The lowest BCUT2D eigenvalue weighted by molar-refractivity contribution is -0.157. The van der Waals surface area contributed by atoms with E-state index in [9.17, 15) is 9.59 Å². The minimum absolute atomic E-state index is 0.0595. The maximum Gasteiger partial charge on any atom is 0.317 e. The van der Waals surface area contributed by atoms with Crippen molar-refractivity contribution in [3.63, 3.8) is 0 Å². The predicted molar refractivity (Wildman–Crippen MR) is 108 cm³/mol. The molecule has 0 saturated carbocycles. The Morgan fingerprint density at radius 1 is 1.17 bits per heavy atom. The average Bonchev–Trinajstić information content (AvgIpc) is 3.10. The largest absolute Gasteiger partial charge is 0.459 e. The number of carbonyl (C=O) groups excluding carboxylic acids is 2. The molecular weight excluding hydrogens is 372 g/mol. The van der Waals surface area contributed by atoms with E-state index in [0.29, 0.717) is 44.3 Å². The molecule has 7 nitrogen and oxygen atoms in total. The van der Waals surface area contributed by atoms with Crippen molar-refractivity contribution in [3.8, 4) is 0 Å². The summed E-state index contributed by atoms with van der Waals surface area (Å²) in [4.78, 5) is 31.7. The molecular formula is C22H28N2O5. The molecule has 0 N–H and O–H groups in total. The van der Waals surface area contributed by atoms with E-state index in [1.165, 1.54) is 6.92 Å². The van der Waals surface area contributed by atoms with Gasteiger partial charge in [0.25, 0.3) is 5.89 Å². The molecule has 0 bridgehead atoms.